The normalized spacial score (nSPS) is 10.2. The molecule has 0 unspecified atom stereocenters. The van der Waals surface area contributed by atoms with Crippen LogP contribution in [-0.2, 0) is 27.2 Å². The van der Waals surface area contributed by atoms with Crippen molar-refractivity contribution in [1.29, 1.82) is 5.26 Å². The average Bonchev–Trinajstić information content (AvgIpc) is 2.97. The number of hydrogen-bond acceptors (Lipinski definition) is 7. The molecule has 0 atom stereocenters. The molecule has 0 saturated carbocycles. The molecule has 0 radical (unpaired) electrons. The van der Waals surface area contributed by atoms with Crippen molar-refractivity contribution < 1.29 is 39.6 Å². The lowest BCUT2D eigenvalue weighted by Gasteiger charge is -2.24. The number of carboxylic acid groups (broad SMARTS) is 4. The maximum Gasteiger partial charge on any atom is 0.346 e. The van der Waals surface area contributed by atoms with Crippen molar-refractivity contribution in [2.75, 3.05) is 11.4 Å². The van der Waals surface area contributed by atoms with Crippen LogP contribution >= 0.6 is 11.3 Å². The number of carbonyl (C=O) groups is 4. The predicted octanol–water partition coefficient (Wildman–Crippen LogP) is 1.79. The molecule has 10 nitrogen and oxygen atoms in total. The summed E-state index contributed by atoms with van der Waals surface area (Å²) < 4.78 is 0. The summed E-state index contributed by atoms with van der Waals surface area (Å²) in [6.45, 7) is -0.697. The number of nitrogens with zero attached hydrogens (tertiary/aromatic N) is 2. The highest BCUT2D eigenvalue weighted by Gasteiger charge is 2.29. The van der Waals surface area contributed by atoms with Crippen LogP contribution in [-0.4, -0.2) is 50.8 Å². The van der Waals surface area contributed by atoms with Crippen LogP contribution in [0.5, 0.6) is 0 Å². The van der Waals surface area contributed by atoms with Gasteiger partial charge in [0.2, 0.25) is 0 Å². The number of nitriles is 1. The van der Waals surface area contributed by atoms with E-state index in [2.05, 4.69) is 0 Å². The van der Waals surface area contributed by atoms with Gasteiger partial charge in [0, 0.05) is 11.3 Å². The Labute approximate surface area is 167 Å². The van der Waals surface area contributed by atoms with Crippen LogP contribution in [0.4, 0.5) is 10.7 Å². The molecule has 1 aromatic carbocycles. The summed E-state index contributed by atoms with van der Waals surface area (Å²) in [6.07, 6.45) is -1.17. The van der Waals surface area contributed by atoms with E-state index in [1.165, 1.54) is 18.2 Å². The maximum absolute atomic E-state index is 11.6. The van der Waals surface area contributed by atoms with Gasteiger partial charge in [-0.05, 0) is 11.6 Å². The van der Waals surface area contributed by atoms with Crippen molar-refractivity contribution >= 4 is 45.9 Å². The van der Waals surface area contributed by atoms with E-state index in [1.54, 1.807) is 12.1 Å². The van der Waals surface area contributed by atoms with E-state index in [0.29, 0.717) is 11.3 Å². The molecular weight excluding hydrogens is 404 g/mol. The van der Waals surface area contributed by atoms with E-state index < -0.39 is 48.1 Å². The van der Waals surface area contributed by atoms with Gasteiger partial charge in [0.1, 0.15) is 22.5 Å². The van der Waals surface area contributed by atoms with Crippen molar-refractivity contribution in [2.24, 2.45) is 0 Å². The number of rotatable bonds is 9. The van der Waals surface area contributed by atoms with Gasteiger partial charge in [-0.2, -0.15) is 5.26 Å². The molecule has 29 heavy (non-hydrogen) atoms. The quantitative estimate of drug-likeness (QED) is 0.469. The number of carboxylic acids is 4. The maximum atomic E-state index is 11.6. The fourth-order valence-electron chi connectivity index (χ4n) is 2.74. The average molecular weight is 418 g/mol. The van der Waals surface area contributed by atoms with Gasteiger partial charge in [-0.1, -0.05) is 18.2 Å². The van der Waals surface area contributed by atoms with Crippen LogP contribution in [0.2, 0.25) is 0 Å². The highest BCUT2D eigenvalue weighted by atomic mass is 32.1. The molecule has 0 bridgehead atoms. The Bertz CT molecular complexity index is 1040. The van der Waals surface area contributed by atoms with Crippen LogP contribution in [0, 0.1) is 11.3 Å². The van der Waals surface area contributed by atoms with Crippen LogP contribution in [0.3, 0.4) is 0 Å². The highest BCUT2D eigenvalue weighted by molar-refractivity contribution is 7.18. The van der Waals surface area contributed by atoms with Gasteiger partial charge in [0.05, 0.1) is 18.4 Å². The molecule has 0 aliphatic carbocycles. The van der Waals surface area contributed by atoms with E-state index in [9.17, 15) is 34.7 Å². The number of hydrogen-bond donors (Lipinski definition) is 4. The number of aromatic carboxylic acids is 1. The molecule has 0 aliphatic heterocycles. The summed E-state index contributed by atoms with van der Waals surface area (Å²) in [4.78, 5) is 46.0. The number of para-hydroxylation sites is 1. The third kappa shape index (κ3) is 4.88. The van der Waals surface area contributed by atoms with E-state index >= 15 is 0 Å². The number of aliphatic carboxylic acids is 3. The highest BCUT2D eigenvalue weighted by Crippen LogP contribution is 2.40. The van der Waals surface area contributed by atoms with Gasteiger partial charge in [0.25, 0.3) is 0 Å². The molecule has 2 aromatic rings. The minimum atomic E-state index is -1.46. The van der Waals surface area contributed by atoms with Crippen LogP contribution in [0.1, 0.15) is 26.4 Å². The Morgan fingerprint density at radius 2 is 1.59 bits per heavy atom. The molecule has 0 aliphatic rings. The Kier molecular flexibility index (Phi) is 6.53. The van der Waals surface area contributed by atoms with Gasteiger partial charge in [-0.3, -0.25) is 14.4 Å². The molecule has 1 heterocycles. The number of benzene rings is 1. The van der Waals surface area contributed by atoms with Crippen molar-refractivity contribution in [3.05, 3.63) is 45.8 Å². The smallest absolute Gasteiger partial charge is 0.346 e. The Hall–Kier alpha value is -3.91. The summed E-state index contributed by atoms with van der Waals surface area (Å²) in [5.74, 6) is -5.30. The SMILES string of the molecule is N#Cc1c(N(CC(=O)O)c2ccccc2CC(=O)O)sc(C(=O)O)c1CC(=O)O. The minimum absolute atomic E-state index is 0.0820. The molecule has 0 saturated heterocycles. The lowest BCUT2D eigenvalue weighted by Crippen LogP contribution is -2.26. The van der Waals surface area contributed by atoms with E-state index in [-0.39, 0.29) is 27.4 Å². The van der Waals surface area contributed by atoms with Crippen LogP contribution in [0.25, 0.3) is 0 Å². The summed E-state index contributed by atoms with van der Waals surface area (Å²) >= 11 is 0.563. The largest absolute Gasteiger partial charge is 0.481 e. The first-order chi connectivity index (χ1) is 13.6. The summed E-state index contributed by atoms with van der Waals surface area (Å²) in [5.41, 5.74) is -0.108. The first-order valence-electron chi connectivity index (χ1n) is 7.95. The monoisotopic (exact) mass is 418 g/mol. The van der Waals surface area contributed by atoms with Crippen molar-refractivity contribution in [2.45, 2.75) is 12.8 Å². The molecule has 150 valence electrons. The first-order valence-corrected chi connectivity index (χ1v) is 8.77. The third-order valence-electron chi connectivity index (χ3n) is 3.79. The zero-order valence-corrected chi connectivity index (χ0v) is 15.5. The Morgan fingerprint density at radius 1 is 0.966 bits per heavy atom. The Balaban J connectivity index is 2.77. The lowest BCUT2D eigenvalue weighted by molar-refractivity contribution is -0.137. The third-order valence-corrected chi connectivity index (χ3v) is 5.03. The summed E-state index contributed by atoms with van der Waals surface area (Å²) in [6, 6.07) is 7.76. The van der Waals surface area contributed by atoms with E-state index in [1.807, 2.05) is 0 Å². The van der Waals surface area contributed by atoms with Crippen molar-refractivity contribution in [3.8, 4) is 6.07 Å². The van der Waals surface area contributed by atoms with Crippen LogP contribution in [0.15, 0.2) is 24.3 Å². The van der Waals surface area contributed by atoms with Gasteiger partial charge in [0.15, 0.2) is 0 Å². The van der Waals surface area contributed by atoms with Crippen LogP contribution < -0.4 is 4.90 Å². The number of anilines is 2. The van der Waals surface area contributed by atoms with Gasteiger partial charge < -0.3 is 25.3 Å². The molecule has 2 rings (SSSR count). The molecule has 1 aromatic heterocycles. The van der Waals surface area contributed by atoms with E-state index in [0.717, 1.165) is 4.90 Å². The van der Waals surface area contributed by atoms with Gasteiger partial charge >= 0.3 is 23.9 Å². The molecule has 0 fully saturated rings. The van der Waals surface area contributed by atoms with Gasteiger partial charge in [-0.25, -0.2) is 4.79 Å². The van der Waals surface area contributed by atoms with Gasteiger partial charge in [-0.15, -0.1) is 11.3 Å². The van der Waals surface area contributed by atoms with E-state index in [4.69, 9.17) is 10.2 Å². The summed E-state index contributed by atoms with van der Waals surface area (Å²) in [7, 11) is 0. The fourth-order valence-corrected chi connectivity index (χ4v) is 3.86. The second-order valence-corrected chi connectivity index (χ2v) is 6.76. The molecule has 11 heteroatoms. The molecule has 4 N–H and O–H groups in total. The first kappa shape index (κ1) is 21.4. The second kappa shape index (κ2) is 8.85. The van der Waals surface area contributed by atoms with Crippen molar-refractivity contribution in [3.63, 3.8) is 0 Å². The zero-order chi connectivity index (χ0) is 21.7. The molecule has 0 amide bonds. The predicted molar refractivity (Wildman–Crippen MR) is 99.8 cm³/mol. The Morgan fingerprint density at radius 3 is 2.10 bits per heavy atom. The number of thiophene rings is 1. The topological polar surface area (TPSA) is 176 Å². The standard InChI is InChI=1S/C18H14N2O8S/c19-7-11-10(6-14(23)24)16(18(27)28)29-17(11)20(8-15(25)26)12-4-2-1-3-9(12)5-13(21)22/h1-4H,5-6,8H2,(H,21,22)(H,23,24)(H,25,26)(H,27,28). The molecular formula is C18H14N2O8S. The lowest BCUT2D eigenvalue weighted by atomic mass is 10.1. The minimum Gasteiger partial charge on any atom is -0.481 e. The summed E-state index contributed by atoms with van der Waals surface area (Å²) in [5, 5.41) is 46.4. The van der Waals surface area contributed by atoms with Crippen molar-refractivity contribution in [1.82, 2.24) is 0 Å². The fraction of sp³-hybridized carbons (Fsp3) is 0.167. The zero-order valence-electron chi connectivity index (χ0n) is 14.7. The second-order valence-electron chi connectivity index (χ2n) is 5.76. The molecule has 0 spiro atoms.